The van der Waals surface area contributed by atoms with Gasteiger partial charge >= 0.3 is 0 Å². The maximum Gasteiger partial charge on any atom is 0.201 e. The van der Waals surface area contributed by atoms with E-state index < -0.39 is 11.4 Å². The first-order chi connectivity index (χ1) is 14.5. The standard InChI is InChI=1S/C24H38O5S/c1-5-14-25-15-8-6-7-9-16-30-21-18(3)20-11-10-17(2)19-12-13-23(4)27-22(26-21)24(19,20)29-28-23/h1,17-22H,6-16H2,2-4H3/t17-,18-,19+,20+,21+,22-,23?,24-/m1/s1. The van der Waals surface area contributed by atoms with Crippen molar-refractivity contribution in [3.05, 3.63) is 0 Å². The van der Waals surface area contributed by atoms with Gasteiger partial charge in [0.2, 0.25) is 5.79 Å². The van der Waals surface area contributed by atoms with E-state index in [-0.39, 0.29) is 11.7 Å². The second-order valence-electron chi connectivity index (χ2n) is 9.82. The van der Waals surface area contributed by atoms with Gasteiger partial charge in [0.1, 0.15) is 12.0 Å². The molecule has 6 heteroatoms. The van der Waals surface area contributed by atoms with Crippen LogP contribution in [-0.2, 0) is 24.0 Å². The number of hydrogen-bond donors (Lipinski definition) is 0. The summed E-state index contributed by atoms with van der Waals surface area (Å²) in [4.78, 5) is 12.1. The Labute approximate surface area is 186 Å². The molecule has 5 rings (SSSR count). The van der Waals surface area contributed by atoms with Crippen molar-refractivity contribution in [1.29, 1.82) is 0 Å². The average Bonchev–Trinajstić information content (AvgIpc) is 2.96. The summed E-state index contributed by atoms with van der Waals surface area (Å²) in [7, 11) is 0. The zero-order valence-electron chi connectivity index (χ0n) is 18.8. The van der Waals surface area contributed by atoms with Gasteiger partial charge in [0.25, 0.3) is 0 Å². The molecule has 4 aliphatic heterocycles. The van der Waals surface area contributed by atoms with Crippen LogP contribution in [0.1, 0.15) is 72.1 Å². The Morgan fingerprint density at radius 1 is 1.07 bits per heavy atom. The lowest BCUT2D eigenvalue weighted by Crippen LogP contribution is -2.70. The fourth-order valence-corrected chi connectivity index (χ4v) is 7.33. The van der Waals surface area contributed by atoms with Crippen LogP contribution in [0.3, 0.4) is 0 Å². The van der Waals surface area contributed by atoms with Crippen molar-refractivity contribution >= 4 is 11.8 Å². The first kappa shape index (κ1) is 22.9. The lowest BCUT2D eigenvalue weighted by Gasteiger charge is -2.60. The monoisotopic (exact) mass is 438 g/mol. The molecule has 1 aliphatic carbocycles. The summed E-state index contributed by atoms with van der Waals surface area (Å²) in [6.45, 7) is 7.88. The van der Waals surface area contributed by atoms with Gasteiger partial charge in [-0.2, -0.15) is 0 Å². The fourth-order valence-electron chi connectivity index (χ4n) is 6.05. The van der Waals surface area contributed by atoms with Crippen LogP contribution >= 0.6 is 11.8 Å². The summed E-state index contributed by atoms with van der Waals surface area (Å²) >= 11 is 1.95. The van der Waals surface area contributed by atoms with E-state index >= 15 is 0 Å². The Morgan fingerprint density at radius 2 is 1.90 bits per heavy atom. The van der Waals surface area contributed by atoms with Crippen molar-refractivity contribution in [2.24, 2.45) is 23.7 Å². The van der Waals surface area contributed by atoms with Crippen molar-refractivity contribution in [2.75, 3.05) is 19.0 Å². The molecule has 8 atom stereocenters. The summed E-state index contributed by atoms with van der Waals surface area (Å²) in [6, 6.07) is 0. The predicted octanol–water partition coefficient (Wildman–Crippen LogP) is 5.14. The number of thioether (sulfide) groups is 1. The second kappa shape index (κ2) is 9.68. The summed E-state index contributed by atoms with van der Waals surface area (Å²) < 4.78 is 18.4. The summed E-state index contributed by atoms with van der Waals surface area (Å²) in [6.07, 6.45) is 13.9. The van der Waals surface area contributed by atoms with Crippen molar-refractivity contribution in [1.82, 2.24) is 0 Å². The molecule has 5 nitrogen and oxygen atoms in total. The minimum Gasteiger partial charge on any atom is -0.369 e. The molecular formula is C24H38O5S. The highest BCUT2D eigenvalue weighted by Gasteiger charge is 2.69. The Balaban J connectivity index is 1.32. The maximum atomic E-state index is 6.63. The van der Waals surface area contributed by atoms with Gasteiger partial charge in [0.05, 0.1) is 0 Å². The Bertz CT molecular complexity index is 623. The highest BCUT2D eigenvalue weighted by atomic mass is 32.2. The molecule has 4 saturated heterocycles. The van der Waals surface area contributed by atoms with Gasteiger partial charge in [0.15, 0.2) is 11.9 Å². The van der Waals surface area contributed by atoms with E-state index in [1.807, 2.05) is 18.7 Å². The Morgan fingerprint density at radius 3 is 2.73 bits per heavy atom. The summed E-state index contributed by atoms with van der Waals surface area (Å²) in [5, 5.41) is 0. The number of hydrogen-bond acceptors (Lipinski definition) is 6. The van der Waals surface area contributed by atoms with E-state index in [1.165, 1.54) is 25.7 Å². The molecule has 1 saturated carbocycles. The molecule has 0 amide bonds. The quantitative estimate of drug-likeness (QED) is 0.282. The predicted molar refractivity (Wildman–Crippen MR) is 117 cm³/mol. The molecule has 0 aromatic carbocycles. The number of rotatable bonds is 9. The smallest absolute Gasteiger partial charge is 0.201 e. The maximum absolute atomic E-state index is 6.63. The number of unbranched alkanes of at least 4 members (excludes halogenated alkanes) is 3. The molecular weight excluding hydrogens is 400 g/mol. The zero-order chi connectivity index (χ0) is 21.2. The molecule has 0 radical (unpaired) electrons. The van der Waals surface area contributed by atoms with Gasteiger partial charge < -0.3 is 14.2 Å². The molecule has 0 aromatic rings. The van der Waals surface area contributed by atoms with Gasteiger partial charge in [-0.15, -0.1) is 18.2 Å². The third-order valence-electron chi connectivity index (χ3n) is 7.75. The third-order valence-corrected chi connectivity index (χ3v) is 9.14. The van der Waals surface area contributed by atoms with Gasteiger partial charge in [-0.25, -0.2) is 9.78 Å². The molecule has 5 aliphatic rings. The van der Waals surface area contributed by atoms with Crippen LogP contribution in [0.15, 0.2) is 0 Å². The van der Waals surface area contributed by atoms with E-state index in [2.05, 4.69) is 19.8 Å². The minimum absolute atomic E-state index is 0.158. The fraction of sp³-hybridized carbons (Fsp3) is 0.917. The first-order valence-corrected chi connectivity index (χ1v) is 12.9. The molecule has 170 valence electrons. The second-order valence-corrected chi connectivity index (χ2v) is 11.0. The highest BCUT2D eigenvalue weighted by molar-refractivity contribution is 7.99. The van der Waals surface area contributed by atoms with Crippen LogP contribution in [0.4, 0.5) is 0 Å². The highest BCUT2D eigenvalue weighted by Crippen LogP contribution is 2.61. The zero-order valence-corrected chi connectivity index (χ0v) is 19.6. The molecule has 1 spiro atoms. The van der Waals surface area contributed by atoms with Crippen LogP contribution in [0.2, 0.25) is 0 Å². The minimum atomic E-state index is -0.686. The molecule has 0 N–H and O–H groups in total. The summed E-state index contributed by atoms with van der Waals surface area (Å²) in [5.74, 6) is 4.83. The Hall–Kier alpha value is -0.290. The van der Waals surface area contributed by atoms with Crippen molar-refractivity contribution in [3.63, 3.8) is 0 Å². The number of terminal acetylenes is 1. The van der Waals surface area contributed by atoms with E-state index in [0.717, 1.165) is 38.0 Å². The van der Waals surface area contributed by atoms with Crippen LogP contribution in [0.25, 0.3) is 0 Å². The van der Waals surface area contributed by atoms with Gasteiger partial charge in [0, 0.05) is 18.9 Å². The number of ether oxygens (including phenoxy) is 3. The molecule has 5 fully saturated rings. The molecule has 0 aromatic heterocycles. The summed E-state index contributed by atoms with van der Waals surface area (Å²) in [5.41, 5.74) is -0.284. The average molecular weight is 439 g/mol. The van der Waals surface area contributed by atoms with E-state index in [1.54, 1.807) is 0 Å². The third kappa shape index (κ3) is 4.31. The van der Waals surface area contributed by atoms with Crippen LogP contribution in [0.5, 0.6) is 0 Å². The lowest BCUT2D eigenvalue weighted by atomic mass is 9.58. The van der Waals surface area contributed by atoms with Crippen LogP contribution in [-0.4, -0.2) is 42.1 Å². The SMILES string of the molecule is C#CCOCCCCCCS[C@@H]1O[C@@H]2OC3(C)CC[C@H]4[C@H](C)CC[C@@H]([C@H]1C)[C@@]24OO3. The van der Waals surface area contributed by atoms with Crippen molar-refractivity contribution in [2.45, 2.75) is 95.3 Å². The molecule has 4 heterocycles. The van der Waals surface area contributed by atoms with E-state index in [4.69, 9.17) is 30.4 Å². The van der Waals surface area contributed by atoms with Crippen LogP contribution in [0, 0.1) is 36.0 Å². The van der Waals surface area contributed by atoms with Gasteiger partial charge in [-0.05, 0) is 62.5 Å². The van der Waals surface area contributed by atoms with Crippen molar-refractivity contribution in [3.8, 4) is 12.3 Å². The number of fused-ring (bicyclic) bond motifs is 2. The molecule has 1 unspecified atom stereocenters. The van der Waals surface area contributed by atoms with Gasteiger partial charge in [-0.1, -0.05) is 32.6 Å². The molecule has 2 bridgehead atoms. The largest absolute Gasteiger partial charge is 0.369 e. The first-order valence-electron chi connectivity index (χ1n) is 11.8. The topological polar surface area (TPSA) is 46.2 Å². The Kier molecular flexibility index (Phi) is 7.39. The lowest BCUT2D eigenvalue weighted by molar-refractivity contribution is -0.568. The van der Waals surface area contributed by atoms with Gasteiger partial charge in [-0.3, -0.25) is 0 Å². The molecule has 30 heavy (non-hydrogen) atoms. The van der Waals surface area contributed by atoms with Crippen molar-refractivity contribution < 1.29 is 24.0 Å². The van der Waals surface area contributed by atoms with Crippen LogP contribution < -0.4 is 0 Å². The normalized spacial score (nSPS) is 44.9. The van der Waals surface area contributed by atoms with E-state index in [0.29, 0.717) is 30.3 Å². The van der Waals surface area contributed by atoms with E-state index in [9.17, 15) is 0 Å².